The minimum Gasteiger partial charge on any atom is -0.480 e. The largest absolute Gasteiger partial charge is 0.480 e. The van der Waals surface area contributed by atoms with Crippen molar-refractivity contribution in [3.05, 3.63) is 57.6 Å². The number of aryl methyl sites for hydroxylation is 2. The summed E-state index contributed by atoms with van der Waals surface area (Å²) in [5.41, 5.74) is 2.55. The van der Waals surface area contributed by atoms with Gasteiger partial charge in [-0.3, -0.25) is 4.79 Å². The zero-order valence-corrected chi connectivity index (χ0v) is 14.8. The molecule has 1 N–H and O–H groups in total. The van der Waals surface area contributed by atoms with Gasteiger partial charge in [0.05, 0.1) is 15.7 Å². The van der Waals surface area contributed by atoms with Crippen LogP contribution in [0, 0.1) is 13.8 Å². The van der Waals surface area contributed by atoms with Crippen molar-refractivity contribution in [2.24, 2.45) is 0 Å². The molecule has 0 saturated heterocycles. The van der Waals surface area contributed by atoms with Crippen LogP contribution in [0.2, 0.25) is 10.0 Å². The van der Waals surface area contributed by atoms with E-state index < -0.39 is 6.10 Å². The average molecular weight is 352 g/mol. The van der Waals surface area contributed by atoms with Crippen LogP contribution in [0.5, 0.6) is 5.75 Å². The van der Waals surface area contributed by atoms with Gasteiger partial charge < -0.3 is 10.1 Å². The summed E-state index contributed by atoms with van der Waals surface area (Å²) in [4.78, 5) is 12.5. The minimum atomic E-state index is -0.606. The first kappa shape index (κ1) is 17.6. The molecule has 0 aromatic heterocycles. The molecule has 0 spiro atoms. The highest BCUT2D eigenvalue weighted by Crippen LogP contribution is 2.30. The predicted molar refractivity (Wildman–Crippen MR) is 95.7 cm³/mol. The Balaban J connectivity index is 2.15. The van der Waals surface area contributed by atoms with Gasteiger partial charge in [0.2, 0.25) is 0 Å². The number of halogens is 2. The first-order valence-electron chi connectivity index (χ1n) is 7.41. The van der Waals surface area contributed by atoms with Crippen LogP contribution in [-0.4, -0.2) is 12.0 Å². The number of nitrogens with one attached hydrogen (secondary N) is 1. The summed E-state index contributed by atoms with van der Waals surface area (Å²) in [5, 5.41) is 3.50. The van der Waals surface area contributed by atoms with E-state index in [4.69, 9.17) is 27.9 Å². The summed E-state index contributed by atoms with van der Waals surface area (Å²) >= 11 is 12.1. The summed E-state index contributed by atoms with van der Waals surface area (Å²) in [5.74, 6) is 0.460. The summed E-state index contributed by atoms with van der Waals surface area (Å²) in [7, 11) is 0. The third-order valence-electron chi connectivity index (χ3n) is 3.49. The zero-order chi connectivity index (χ0) is 17.0. The molecule has 1 amide bonds. The second kappa shape index (κ2) is 7.71. The number of carbonyl (C=O) groups is 1. The molecule has 1 unspecified atom stereocenters. The Morgan fingerprint density at radius 2 is 1.96 bits per heavy atom. The van der Waals surface area contributed by atoms with E-state index in [2.05, 4.69) is 5.32 Å². The van der Waals surface area contributed by atoms with Gasteiger partial charge in [-0.05, 0) is 49.6 Å². The van der Waals surface area contributed by atoms with Crippen LogP contribution < -0.4 is 10.1 Å². The van der Waals surface area contributed by atoms with Gasteiger partial charge in [-0.25, -0.2) is 0 Å². The molecule has 3 nitrogen and oxygen atoms in total. The molecular formula is C18H19Cl2NO2. The topological polar surface area (TPSA) is 38.3 Å². The molecule has 122 valence electrons. The van der Waals surface area contributed by atoms with Crippen molar-refractivity contribution >= 4 is 34.8 Å². The van der Waals surface area contributed by atoms with Crippen LogP contribution in [0.3, 0.4) is 0 Å². The molecule has 0 bridgehead atoms. The van der Waals surface area contributed by atoms with Crippen LogP contribution in [0.25, 0.3) is 0 Å². The molecule has 0 aliphatic rings. The Kier molecular flexibility index (Phi) is 5.91. The SMILES string of the molecule is CCC(Oc1cc(C)ccc1C)C(=O)Nc1cccc(Cl)c1Cl. The van der Waals surface area contributed by atoms with Gasteiger partial charge in [-0.15, -0.1) is 0 Å². The van der Waals surface area contributed by atoms with Gasteiger partial charge in [0, 0.05) is 0 Å². The van der Waals surface area contributed by atoms with Gasteiger partial charge in [-0.2, -0.15) is 0 Å². The lowest BCUT2D eigenvalue weighted by Crippen LogP contribution is -2.32. The maximum Gasteiger partial charge on any atom is 0.265 e. The number of hydrogen-bond acceptors (Lipinski definition) is 2. The number of benzene rings is 2. The van der Waals surface area contributed by atoms with Crippen LogP contribution >= 0.6 is 23.2 Å². The second-order valence-electron chi connectivity index (χ2n) is 5.37. The molecule has 0 fully saturated rings. The quantitative estimate of drug-likeness (QED) is 0.782. The number of rotatable bonds is 5. The Bertz CT molecular complexity index is 716. The molecule has 23 heavy (non-hydrogen) atoms. The third kappa shape index (κ3) is 4.40. The Labute approximate surface area is 146 Å². The standard InChI is InChI=1S/C18H19Cl2NO2/c1-4-15(23-16-10-11(2)8-9-12(16)3)18(22)21-14-7-5-6-13(19)17(14)20/h5-10,15H,4H2,1-3H3,(H,21,22). The van der Waals surface area contributed by atoms with E-state index in [9.17, 15) is 4.79 Å². The number of amides is 1. The summed E-state index contributed by atoms with van der Waals surface area (Å²) in [6, 6.07) is 11.0. The average Bonchev–Trinajstić information content (AvgIpc) is 2.52. The van der Waals surface area contributed by atoms with Crippen LogP contribution in [0.4, 0.5) is 5.69 Å². The van der Waals surface area contributed by atoms with Crippen LogP contribution in [-0.2, 0) is 4.79 Å². The van der Waals surface area contributed by atoms with Crippen molar-refractivity contribution in [1.29, 1.82) is 0 Å². The van der Waals surface area contributed by atoms with Gasteiger partial charge in [0.15, 0.2) is 6.10 Å². The fourth-order valence-corrected chi connectivity index (χ4v) is 2.47. The zero-order valence-electron chi connectivity index (χ0n) is 13.3. The van der Waals surface area contributed by atoms with Crippen molar-refractivity contribution in [3.8, 4) is 5.75 Å². The van der Waals surface area contributed by atoms with E-state index in [1.165, 1.54) is 0 Å². The maximum atomic E-state index is 12.5. The number of ether oxygens (including phenoxy) is 1. The monoisotopic (exact) mass is 351 g/mol. The molecule has 0 aliphatic heterocycles. The fourth-order valence-electron chi connectivity index (χ4n) is 2.12. The molecule has 0 saturated carbocycles. The first-order valence-corrected chi connectivity index (χ1v) is 8.16. The smallest absolute Gasteiger partial charge is 0.265 e. The van der Waals surface area contributed by atoms with Crippen molar-refractivity contribution in [2.45, 2.75) is 33.3 Å². The molecule has 1 atom stereocenters. The maximum absolute atomic E-state index is 12.5. The number of anilines is 1. The Hall–Kier alpha value is -1.71. The van der Waals surface area contributed by atoms with Crippen LogP contribution in [0.1, 0.15) is 24.5 Å². The van der Waals surface area contributed by atoms with Crippen molar-refractivity contribution in [2.75, 3.05) is 5.32 Å². The fraction of sp³-hybridized carbons (Fsp3) is 0.278. The molecule has 0 aliphatic carbocycles. The number of carbonyl (C=O) groups excluding carboxylic acids is 1. The molecule has 2 aromatic carbocycles. The van der Waals surface area contributed by atoms with Gasteiger partial charge in [-0.1, -0.05) is 48.3 Å². The predicted octanol–water partition coefficient (Wildman–Crippen LogP) is 5.41. The van der Waals surface area contributed by atoms with Crippen LogP contribution in [0.15, 0.2) is 36.4 Å². The first-order chi connectivity index (χ1) is 10.9. The highest BCUT2D eigenvalue weighted by molar-refractivity contribution is 6.44. The molecular weight excluding hydrogens is 333 g/mol. The van der Waals surface area contributed by atoms with E-state index in [-0.39, 0.29) is 5.91 Å². The molecule has 5 heteroatoms. The Morgan fingerprint density at radius 3 is 2.65 bits per heavy atom. The van der Waals surface area contributed by atoms with Crippen molar-refractivity contribution < 1.29 is 9.53 Å². The van der Waals surface area contributed by atoms with E-state index in [0.29, 0.717) is 27.9 Å². The lowest BCUT2D eigenvalue weighted by atomic mass is 10.1. The van der Waals surface area contributed by atoms with E-state index in [1.807, 2.05) is 39.0 Å². The van der Waals surface area contributed by atoms with Gasteiger partial charge >= 0.3 is 0 Å². The Morgan fingerprint density at radius 1 is 1.22 bits per heavy atom. The van der Waals surface area contributed by atoms with Gasteiger partial charge in [0.1, 0.15) is 5.75 Å². The highest BCUT2D eigenvalue weighted by Gasteiger charge is 2.20. The van der Waals surface area contributed by atoms with E-state index >= 15 is 0 Å². The highest BCUT2D eigenvalue weighted by atomic mass is 35.5. The van der Waals surface area contributed by atoms with E-state index in [1.54, 1.807) is 18.2 Å². The molecule has 2 rings (SSSR count). The lowest BCUT2D eigenvalue weighted by Gasteiger charge is -2.19. The summed E-state index contributed by atoms with van der Waals surface area (Å²) in [6.07, 6.45) is -0.0669. The van der Waals surface area contributed by atoms with Gasteiger partial charge in [0.25, 0.3) is 5.91 Å². The second-order valence-corrected chi connectivity index (χ2v) is 6.16. The molecule has 2 aromatic rings. The lowest BCUT2D eigenvalue weighted by molar-refractivity contribution is -0.122. The third-order valence-corrected chi connectivity index (χ3v) is 4.30. The molecule has 0 heterocycles. The van der Waals surface area contributed by atoms with E-state index in [0.717, 1.165) is 11.1 Å². The number of hydrogen-bond donors (Lipinski definition) is 1. The normalized spacial score (nSPS) is 11.9. The summed E-state index contributed by atoms with van der Waals surface area (Å²) < 4.78 is 5.89. The molecule has 0 radical (unpaired) electrons. The summed E-state index contributed by atoms with van der Waals surface area (Å²) in [6.45, 7) is 5.83. The minimum absolute atomic E-state index is 0.252. The van der Waals surface area contributed by atoms with Crippen molar-refractivity contribution in [1.82, 2.24) is 0 Å². The van der Waals surface area contributed by atoms with Crippen molar-refractivity contribution in [3.63, 3.8) is 0 Å².